The predicted molar refractivity (Wildman–Crippen MR) is 93.5 cm³/mol. The molecule has 1 aromatic rings. The Morgan fingerprint density at radius 3 is 2.80 bits per heavy atom. The van der Waals surface area contributed by atoms with Crippen LogP contribution >= 0.6 is 50.7 Å². The Morgan fingerprint density at radius 1 is 1.40 bits per heavy atom. The molecule has 1 unspecified atom stereocenters. The number of ether oxygens (including phenoxy) is 1. The fourth-order valence-corrected chi connectivity index (χ4v) is 4.00. The number of hydrogen-bond acceptors (Lipinski definition) is 7. The number of aromatic nitrogens is 2. The van der Waals surface area contributed by atoms with Crippen molar-refractivity contribution in [2.75, 3.05) is 6.54 Å². The summed E-state index contributed by atoms with van der Waals surface area (Å²) in [4.78, 5) is 4.16. The summed E-state index contributed by atoms with van der Waals surface area (Å²) in [5.74, 6) is 0. The predicted octanol–water partition coefficient (Wildman–Crippen LogP) is 2.71. The Labute approximate surface area is 140 Å². The molecule has 8 heteroatoms. The Morgan fingerprint density at radius 2 is 2.10 bits per heavy atom. The Bertz CT molecular complexity index is 553. The molecular weight excluding hydrogens is 330 g/mol. The SMILES string of the molecule is SC1=C(S)c2c(ncn2S)C(S)(CNC2CCCC2)O1. The lowest BCUT2D eigenvalue weighted by Gasteiger charge is -2.34. The molecule has 1 saturated carbocycles. The molecule has 0 spiro atoms. The number of nitrogens with one attached hydrogen (secondary N) is 1. The fourth-order valence-electron chi connectivity index (χ4n) is 2.74. The molecule has 2 aliphatic rings. The van der Waals surface area contributed by atoms with Crippen LogP contribution in [0.5, 0.6) is 0 Å². The van der Waals surface area contributed by atoms with Crippen molar-refractivity contribution in [2.24, 2.45) is 0 Å². The average Bonchev–Trinajstić information content (AvgIpc) is 3.04. The summed E-state index contributed by atoms with van der Waals surface area (Å²) < 4.78 is 7.47. The molecule has 1 aromatic heterocycles. The van der Waals surface area contributed by atoms with Gasteiger partial charge in [0.25, 0.3) is 0 Å². The highest BCUT2D eigenvalue weighted by molar-refractivity contribution is 7.93. The summed E-state index contributed by atoms with van der Waals surface area (Å²) >= 11 is 17.8. The van der Waals surface area contributed by atoms with E-state index in [4.69, 9.17) is 17.4 Å². The van der Waals surface area contributed by atoms with Gasteiger partial charge in [-0.05, 0) is 12.8 Å². The van der Waals surface area contributed by atoms with E-state index >= 15 is 0 Å². The van der Waals surface area contributed by atoms with E-state index in [1.54, 1.807) is 10.3 Å². The van der Waals surface area contributed by atoms with Gasteiger partial charge in [0.05, 0.1) is 17.1 Å². The van der Waals surface area contributed by atoms with Crippen LogP contribution in [0.3, 0.4) is 0 Å². The average molecular weight is 348 g/mol. The second-order valence-electron chi connectivity index (χ2n) is 5.19. The molecule has 20 heavy (non-hydrogen) atoms. The molecule has 3 rings (SSSR count). The topological polar surface area (TPSA) is 39.1 Å². The monoisotopic (exact) mass is 347 g/mol. The van der Waals surface area contributed by atoms with Crippen molar-refractivity contribution in [3.8, 4) is 0 Å². The van der Waals surface area contributed by atoms with Crippen molar-refractivity contribution in [2.45, 2.75) is 36.7 Å². The molecule has 110 valence electrons. The second kappa shape index (κ2) is 5.72. The molecule has 0 bridgehead atoms. The minimum Gasteiger partial charge on any atom is -0.462 e. The van der Waals surface area contributed by atoms with E-state index in [9.17, 15) is 0 Å². The maximum atomic E-state index is 5.85. The van der Waals surface area contributed by atoms with E-state index in [1.807, 2.05) is 0 Å². The van der Waals surface area contributed by atoms with Crippen molar-refractivity contribution in [1.29, 1.82) is 0 Å². The van der Waals surface area contributed by atoms with Gasteiger partial charge in [0.15, 0.2) is 5.09 Å². The molecule has 2 heterocycles. The zero-order valence-electron chi connectivity index (χ0n) is 10.8. The van der Waals surface area contributed by atoms with Gasteiger partial charge in [-0.15, -0.1) is 37.9 Å². The maximum absolute atomic E-state index is 5.85. The van der Waals surface area contributed by atoms with E-state index in [-0.39, 0.29) is 0 Å². The lowest BCUT2D eigenvalue weighted by Crippen LogP contribution is -2.41. The lowest BCUT2D eigenvalue weighted by molar-refractivity contribution is 0.0933. The normalized spacial score (nSPS) is 26.8. The first-order valence-electron chi connectivity index (χ1n) is 6.55. The van der Waals surface area contributed by atoms with Crippen molar-refractivity contribution in [3.05, 3.63) is 22.8 Å². The molecule has 0 radical (unpaired) electrons. The van der Waals surface area contributed by atoms with Gasteiger partial charge in [-0.3, -0.25) is 3.97 Å². The molecule has 1 N–H and O–H groups in total. The van der Waals surface area contributed by atoms with Gasteiger partial charge in [0.1, 0.15) is 12.0 Å². The minimum absolute atomic E-state index is 0.444. The highest BCUT2D eigenvalue weighted by Crippen LogP contribution is 2.44. The van der Waals surface area contributed by atoms with Crippen molar-refractivity contribution >= 4 is 55.6 Å². The third kappa shape index (κ3) is 2.61. The van der Waals surface area contributed by atoms with Crippen LogP contribution in [0.2, 0.25) is 0 Å². The molecule has 0 aromatic carbocycles. The Kier molecular flexibility index (Phi) is 4.29. The highest BCUT2D eigenvalue weighted by atomic mass is 32.1. The maximum Gasteiger partial charge on any atom is 0.209 e. The zero-order chi connectivity index (χ0) is 14.3. The summed E-state index contributed by atoms with van der Waals surface area (Å²) in [6.45, 7) is 0.573. The van der Waals surface area contributed by atoms with Crippen LogP contribution in [-0.4, -0.2) is 21.5 Å². The van der Waals surface area contributed by atoms with Crippen LogP contribution in [0, 0.1) is 0 Å². The standard InChI is InChI=1S/C12H17N3OS4/c17-9-8-10(14-6-15(8)20)12(19,16-11(9)18)5-13-7-3-1-2-4-7/h6-7,13,17-20H,1-5H2. The smallest absolute Gasteiger partial charge is 0.209 e. The second-order valence-corrected chi connectivity index (χ2v) is 7.20. The zero-order valence-corrected chi connectivity index (χ0v) is 14.4. The third-order valence-electron chi connectivity index (χ3n) is 3.80. The quantitative estimate of drug-likeness (QED) is 0.546. The number of thiol groups is 4. The molecule has 1 atom stereocenters. The molecule has 4 nitrogen and oxygen atoms in total. The van der Waals surface area contributed by atoms with Crippen LogP contribution < -0.4 is 5.32 Å². The highest BCUT2D eigenvalue weighted by Gasteiger charge is 2.41. The van der Waals surface area contributed by atoms with E-state index < -0.39 is 4.93 Å². The lowest BCUT2D eigenvalue weighted by atomic mass is 10.1. The summed E-state index contributed by atoms with van der Waals surface area (Å²) in [7, 11) is 0. The first-order chi connectivity index (χ1) is 9.51. The van der Waals surface area contributed by atoms with Gasteiger partial charge in [-0.2, -0.15) is 0 Å². The molecule has 0 saturated heterocycles. The van der Waals surface area contributed by atoms with E-state index in [1.165, 1.54) is 25.7 Å². The first-order valence-corrected chi connectivity index (χ1v) is 8.30. The van der Waals surface area contributed by atoms with Gasteiger partial charge < -0.3 is 10.1 Å². The van der Waals surface area contributed by atoms with E-state index in [0.717, 1.165) is 11.4 Å². The van der Waals surface area contributed by atoms with Crippen LogP contribution in [0.1, 0.15) is 37.1 Å². The summed E-state index contributed by atoms with van der Waals surface area (Å²) in [6.07, 6.45) is 6.61. The van der Waals surface area contributed by atoms with Crippen molar-refractivity contribution < 1.29 is 4.74 Å². The van der Waals surface area contributed by atoms with Crippen LogP contribution in [0.4, 0.5) is 0 Å². The van der Waals surface area contributed by atoms with Crippen LogP contribution in [0.25, 0.3) is 4.91 Å². The van der Waals surface area contributed by atoms with Crippen LogP contribution in [-0.2, 0) is 9.67 Å². The first kappa shape index (κ1) is 15.0. The molecule has 0 amide bonds. The summed E-state index contributed by atoms with van der Waals surface area (Å²) in [5, 5.41) is 3.96. The number of nitrogens with zero attached hydrogens (tertiary/aromatic N) is 2. The van der Waals surface area contributed by atoms with Crippen molar-refractivity contribution in [1.82, 2.24) is 14.3 Å². The van der Waals surface area contributed by atoms with Crippen molar-refractivity contribution in [3.63, 3.8) is 0 Å². The molecule has 1 fully saturated rings. The van der Waals surface area contributed by atoms with Gasteiger partial charge >= 0.3 is 0 Å². The Hall–Kier alpha value is 0.110. The number of rotatable bonds is 3. The largest absolute Gasteiger partial charge is 0.462 e. The Balaban J connectivity index is 1.85. The molecule has 1 aliphatic carbocycles. The van der Waals surface area contributed by atoms with Gasteiger partial charge in [0.2, 0.25) is 4.93 Å². The summed E-state index contributed by atoms with van der Waals surface area (Å²) in [6, 6.07) is 0.536. The fraction of sp³-hybridized carbons (Fsp3) is 0.583. The van der Waals surface area contributed by atoms with E-state index in [0.29, 0.717) is 22.6 Å². The third-order valence-corrected chi connectivity index (χ3v) is 5.47. The van der Waals surface area contributed by atoms with E-state index in [2.05, 4.69) is 48.4 Å². The van der Waals surface area contributed by atoms with Gasteiger partial charge in [-0.25, -0.2) is 4.98 Å². The van der Waals surface area contributed by atoms with Gasteiger partial charge in [0, 0.05) is 6.04 Å². The number of hydrogen-bond donors (Lipinski definition) is 5. The summed E-state index contributed by atoms with van der Waals surface area (Å²) in [5.41, 5.74) is 1.51. The van der Waals surface area contributed by atoms with Crippen LogP contribution in [0.15, 0.2) is 11.4 Å². The van der Waals surface area contributed by atoms with Gasteiger partial charge in [-0.1, -0.05) is 25.7 Å². The number of imidazole rings is 1. The molecule has 1 aliphatic heterocycles. The minimum atomic E-state index is -0.838. The molecular formula is C12H17N3OS4. The number of fused-ring (bicyclic) bond motifs is 1.